The summed E-state index contributed by atoms with van der Waals surface area (Å²) in [7, 11) is 0. The summed E-state index contributed by atoms with van der Waals surface area (Å²) < 4.78 is 4.95. The fraction of sp³-hybridized carbons (Fsp3) is 0.360. The first-order valence-corrected chi connectivity index (χ1v) is 12.1. The number of nitrogens with zero attached hydrogens (tertiary/aromatic N) is 2. The van der Waals surface area contributed by atoms with Gasteiger partial charge in [-0.1, -0.05) is 43.7 Å². The second-order valence-corrected chi connectivity index (χ2v) is 9.24. The van der Waals surface area contributed by atoms with E-state index in [-0.39, 0.29) is 12.3 Å². The van der Waals surface area contributed by atoms with Gasteiger partial charge in [-0.2, -0.15) is 0 Å². The molecule has 8 nitrogen and oxygen atoms in total. The number of nitrogens with two attached hydrogens (primary N) is 1. The summed E-state index contributed by atoms with van der Waals surface area (Å²) in [4.78, 5) is 33.7. The molecule has 2 heterocycles. The van der Waals surface area contributed by atoms with Crippen molar-refractivity contribution in [1.82, 2.24) is 9.97 Å². The minimum atomic E-state index is -0.526. The molecule has 0 bridgehead atoms. The number of esters is 1. The Morgan fingerprint density at radius 2 is 1.82 bits per heavy atom. The van der Waals surface area contributed by atoms with Gasteiger partial charge in [0, 0.05) is 23.2 Å². The standard InChI is InChI=1S/C25H31N5O3S/c1-6-33-23(31)20-13-34-25(28-20)30-24(32)29-22-16(5)27-19(11-14(2)3)18(12-26)21(22)17-9-7-15(4)8-10-17/h7-10,13-14H,6,11-12,26H2,1-5H3,(H2,28,29,30,32). The minimum Gasteiger partial charge on any atom is -0.461 e. The number of urea groups is 1. The van der Waals surface area contributed by atoms with Gasteiger partial charge in [-0.25, -0.2) is 14.6 Å². The van der Waals surface area contributed by atoms with Gasteiger partial charge >= 0.3 is 12.0 Å². The quantitative estimate of drug-likeness (QED) is 0.376. The van der Waals surface area contributed by atoms with Crippen LogP contribution in [0.5, 0.6) is 0 Å². The lowest BCUT2D eigenvalue weighted by atomic mass is 9.92. The van der Waals surface area contributed by atoms with Crippen molar-refractivity contribution < 1.29 is 14.3 Å². The number of aromatic nitrogens is 2. The average Bonchev–Trinajstić information content (AvgIpc) is 3.24. The topological polar surface area (TPSA) is 119 Å². The number of carbonyl (C=O) groups is 2. The Hall–Kier alpha value is -3.30. The second kappa shape index (κ2) is 11.2. The number of ether oxygens (including phenoxy) is 1. The van der Waals surface area contributed by atoms with Crippen LogP contribution in [-0.2, 0) is 17.7 Å². The zero-order valence-corrected chi connectivity index (χ0v) is 21.0. The van der Waals surface area contributed by atoms with Crippen LogP contribution in [0.4, 0.5) is 15.6 Å². The molecular formula is C25H31N5O3S. The third kappa shape index (κ3) is 5.98. The Labute approximate surface area is 204 Å². The molecule has 4 N–H and O–H groups in total. The number of nitrogens with one attached hydrogen (secondary N) is 2. The molecule has 34 heavy (non-hydrogen) atoms. The lowest BCUT2D eigenvalue weighted by molar-refractivity contribution is 0.0520. The second-order valence-electron chi connectivity index (χ2n) is 8.38. The van der Waals surface area contributed by atoms with E-state index in [0.29, 0.717) is 29.0 Å². The molecular weight excluding hydrogens is 450 g/mol. The monoisotopic (exact) mass is 481 g/mol. The summed E-state index contributed by atoms with van der Waals surface area (Å²) in [5.74, 6) is -0.120. The minimum absolute atomic E-state index is 0.156. The van der Waals surface area contributed by atoms with Crippen LogP contribution in [-0.4, -0.2) is 28.6 Å². The average molecular weight is 482 g/mol. The molecule has 180 valence electrons. The third-order valence-electron chi connectivity index (χ3n) is 5.16. The number of hydrogen-bond donors (Lipinski definition) is 3. The van der Waals surface area contributed by atoms with E-state index >= 15 is 0 Å². The number of hydrogen-bond acceptors (Lipinski definition) is 7. The summed E-state index contributed by atoms with van der Waals surface area (Å²) in [6.07, 6.45) is 0.786. The van der Waals surface area contributed by atoms with Crippen LogP contribution >= 0.6 is 11.3 Å². The molecule has 0 saturated heterocycles. The predicted molar refractivity (Wildman–Crippen MR) is 136 cm³/mol. The van der Waals surface area contributed by atoms with Gasteiger partial charge in [0.05, 0.1) is 18.0 Å². The highest BCUT2D eigenvalue weighted by Crippen LogP contribution is 2.36. The van der Waals surface area contributed by atoms with Crippen LogP contribution in [0.2, 0.25) is 0 Å². The Morgan fingerprint density at radius 3 is 2.44 bits per heavy atom. The first kappa shape index (κ1) is 25.3. The van der Waals surface area contributed by atoms with Gasteiger partial charge < -0.3 is 15.8 Å². The van der Waals surface area contributed by atoms with Crippen molar-refractivity contribution in [3.05, 3.63) is 57.9 Å². The number of rotatable bonds is 8. The molecule has 0 fully saturated rings. The van der Waals surface area contributed by atoms with E-state index in [1.807, 2.05) is 38.1 Å². The highest BCUT2D eigenvalue weighted by Gasteiger charge is 2.21. The van der Waals surface area contributed by atoms with E-state index in [2.05, 4.69) is 29.5 Å². The molecule has 3 rings (SSSR count). The van der Waals surface area contributed by atoms with E-state index < -0.39 is 12.0 Å². The lowest BCUT2D eigenvalue weighted by Gasteiger charge is -2.21. The van der Waals surface area contributed by atoms with E-state index in [4.69, 9.17) is 15.5 Å². The Bertz CT molecular complexity index is 1170. The van der Waals surface area contributed by atoms with Crippen LogP contribution < -0.4 is 16.4 Å². The molecule has 0 saturated carbocycles. The molecule has 2 aromatic heterocycles. The van der Waals surface area contributed by atoms with Gasteiger partial charge in [-0.15, -0.1) is 11.3 Å². The van der Waals surface area contributed by atoms with Crippen molar-refractivity contribution in [3.63, 3.8) is 0 Å². The number of thiazole rings is 1. The predicted octanol–water partition coefficient (Wildman–Crippen LogP) is 5.30. The van der Waals surface area contributed by atoms with Crippen LogP contribution in [0.1, 0.15) is 53.8 Å². The number of benzene rings is 1. The summed E-state index contributed by atoms with van der Waals surface area (Å²) in [5, 5.41) is 7.48. The molecule has 1 aromatic carbocycles. The SMILES string of the molecule is CCOC(=O)c1csc(NC(=O)Nc2c(C)nc(CC(C)C)c(CN)c2-c2ccc(C)cc2)n1. The molecule has 2 amide bonds. The first-order valence-electron chi connectivity index (χ1n) is 11.2. The zero-order chi connectivity index (χ0) is 24.8. The summed E-state index contributed by atoms with van der Waals surface area (Å²) in [6.45, 7) is 10.5. The van der Waals surface area contributed by atoms with Crippen molar-refractivity contribution in [3.8, 4) is 11.1 Å². The highest BCUT2D eigenvalue weighted by atomic mass is 32.1. The van der Waals surface area contributed by atoms with Crippen molar-refractivity contribution in [2.24, 2.45) is 11.7 Å². The maximum Gasteiger partial charge on any atom is 0.357 e. The van der Waals surface area contributed by atoms with Crippen LogP contribution in [0.15, 0.2) is 29.6 Å². The first-order chi connectivity index (χ1) is 16.2. The fourth-order valence-corrected chi connectivity index (χ4v) is 4.32. The molecule has 0 atom stereocenters. The lowest BCUT2D eigenvalue weighted by Crippen LogP contribution is -2.22. The Morgan fingerprint density at radius 1 is 1.12 bits per heavy atom. The molecule has 9 heteroatoms. The normalized spacial score (nSPS) is 10.9. The molecule has 3 aromatic rings. The molecule has 0 aliphatic carbocycles. The maximum absolute atomic E-state index is 12.9. The molecule has 0 unspecified atom stereocenters. The van der Waals surface area contributed by atoms with Crippen LogP contribution in [0.25, 0.3) is 11.1 Å². The molecule has 0 spiro atoms. The van der Waals surface area contributed by atoms with Crippen LogP contribution in [0, 0.1) is 19.8 Å². The fourth-order valence-electron chi connectivity index (χ4n) is 3.64. The largest absolute Gasteiger partial charge is 0.461 e. The number of aryl methyl sites for hydroxylation is 2. The number of carbonyl (C=O) groups excluding carboxylic acids is 2. The summed E-state index contributed by atoms with van der Waals surface area (Å²) >= 11 is 1.15. The number of amides is 2. The van der Waals surface area contributed by atoms with E-state index in [9.17, 15) is 9.59 Å². The van der Waals surface area contributed by atoms with Gasteiger partial charge in [0.15, 0.2) is 10.8 Å². The molecule has 0 aliphatic rings. The van der Waals surface area contributed by atoms with Gasteiger partial charge in [0.25, 0.3) is 0 Å². The van der Waals surface area contributed by atoms with Crippen molar-refractivity contribution >= 4 is 34.2 Å². The highest BCUT2D eigenvalue weighted by molar-refractivity contribution is 7.14. The Balaban J connectivity index is 1.97. The molecule has 0 radical (unpaired) electrons. The summed E-state index contributed by atoms with van der Waals surface area (Å²) in [6, 6.07) is 7.63. The summed E-state index contributed by atoms with van der Waals surface area (Å²) in [5.41, 5.74) is 12.5. The number of anilines is 2. The van der Waals surface area contributed by atoms with E-state index in [1.54, 1.807) is 12.3 Å². The van der Waals surface area contributed by atoms with Crippen molar-refractivity contribution in [2.45, 2.75) is 47.6 Å². The van der Waals surface area contributed by atoms with Crippen molar-refractivity contribution in [2.75, 3.05) is 17.2 Å². The maximum atomic E-state index is 12.9. The van der Waals surface area contributed by atoms with E-state index in [0.717, 1.165) is 45.7 Å². The van der Waals surface area contributed by atoms with Crippen molar-refractivity contribution in [1.29, 1.82) is 0 Å². The van der Waals surface area contributed by atoms with Gasteiger partial charge in [0.2, 0.25) is 0 Å². The van der Waals surface area contributed by atoms with Gasteiger partial charge in [-0.3, -0.25) is 10.3 Å². The smallest absolute Gasteiger partial charge is 0.357 e. The molecule has 0 aliphatic heterocycles. The Kier molecular flexibility index (Phi) is 8.36. The van der Waals surface area contributed by atoms with Crippen LogP contribution in [0.3, 0.4) is 0 Å². The third-order valence-corrected chi connectivity index (χ3v) is 5.92. The zero-order valence-electron chi connectivity index (χ0n) is 20.2. The van der Waals surface area contributed by atoms with Gasteiger partial charge in [0.1, 0.15) is 0 Å². The van der Waals surface area contributed by atoms with Gasteiger partial charge in [-0.05, 0) is 44.2 Å². The number of pyridine rings is 1. The van der Waals surface area contributed by atoms with E-state index in [1.165, 1.54) is 0 Å².